The molecule has 2 amide bonds. The molecule has 0 aliphatic rings. The number of carbonyl (C=O) groups excluding carboxylic acids is 1. The second-order valence-electron chi connectivity index (χ2n) is 5.86. The lowest BCUT2D eigenvalue weighted by Gasteiger charge is -2.17. The predicted molar refractivity (Wildman–Crippen MR) is 88.7 cm³/mol. The van der Waals surface area contributed by atoms with Gasteiger partial charge in [0.05, 0.1) is 19.2 Å². The Hall–Kier alpha value is -2.34. The normalized spacial score (nSPS) is 12.2. The van der Waals surface area contributed by atoms with Crippen LogP contribution in [0.1, 0.15) is 31.3 Å². The summed E-state index contributed by atoms with van der Waals surface area (Å²) < 4.78 is 2.03. The van der Waals surface area contributed by atoms with Crippen molar-refractivity contribution in [2.24, 2.45) is 5.92 Å². The topological polar surface area (TPSA) is 79.2 Å². The van der Waals surface area contributed by atoms with Crippen molar-refractivity contribution < 1.29 is 9.90 Å². The highest BCUT2D eigenvalue weighted by Gasteiger charge is 2.13. The van der Waals surface area contributed by atoms with Crippen LogP contribution in [-0.2, 0) is 13.1 Å². The van der Waals surface area contributed by atoms with Gasteiger partial charge in [-0.1, -0.05) is 44.2 Å². The molecule has 0 aliphatic heterocycles. The first-order valence-corrected chi connectivity index (χ1v) is 7.80. The molecule has 0 fully saturated rings. The molecule has 0 aliphatic carbocycles. The number of benzene rings is 1. The Morgan fingerprint density at radius 1 is 1.30 bits per heavy atom. The minimum Gasteiger partial charge on any atom is -0.394 e. The van der Waals surface area contributed by atoms with Crippen LogP contribution in [0.3, 0.4) is 0 Å². The second-order valence-corrected chi connectivity index (χ2v) is 5.86. The van der Waals surface area contributed by atoms with Gasteiger partial charge in [-0.2, -0.15) is 0 Å². The summed E-state index contributed by atoms with van der Waals surface area (Å²) >= 11 is 0. The Labute approximate surface area is 136 Å². The zero-order valence-corrected chi connectivity index (χ0v) is 13.6. The summed E-state index contributed by atoms with van der Waals surface area (Å²) in [5.41, 5.74) is 0.867. The highest BCUT2D eigenvalue weighted by atomic mass is 16.3. The molecule has 0 radical (unpaired) electrons. The Balaban J connectivity index is 1.89. The van der Waals surface area contributed by atoms with Gasteiger partial charge >= 0.3 is 6.03 Å². The lowest BCUT2D eigenvalue weighted by atomic mass is 10.1. The number of aromatic nitrogens is 2. The molecule has 0 bridgehead atoms. The standard InChI is InChI=1S/C17H24N4O2/c1-13(2)11-21-9-8-18-16(21)10-19-17(23)20-15(12-22)14-6-4-3-5-7-14/h3-9,13,15,22H,10-12H2,1-2H3,(H2,19,20,23). The third-order valence-electron chi connectivity index (χ3n) is 3.46. The van der Waals surface area contributed by atoms with E-state index < -0.39 is 6.04 Å². The highest BCUT2D eigenvalue weighted by Crippen LogP contribution is 2.11. The zero-order valence-electron chi connectivity index (χ0n) is 13.6. The van der Waals surface area contributed by atoms with E-state index in [0.717, 1.165) is 17.9 Å². The van der Waals surface area contributed by atoms with E-state index in [1.54, 1.807) is 6.20 Å². The highest BCUT2D eigenvalue weighted by molar-refractivity contribution is 5.74. The summed E-state index contributed by atoms with van der Waals surface area (Å²) in [4.78, 5) is 16.3. The molecule has 1 aromatic carbocycles. The van der Waals surface area contributed by atoms with Gasteiger partial charge < -0.3 is 20.3 Å². The first-order valence-electron chi connectivity index (χ1n) is 7.80. The van der Waals surface area contributed by atoms with Crippen LogP contribution in [-0.4, -0.2) is 27.3 Å². The molecule has 0 spiro atoms. The fourth-order valence-corrected chi connectivity index (χ4v) is 2.36. The molecule has 1 aromatic heterocycles. The minimum atomic E-state index is -0.424. The van der Waals surface area contributed by atoms with Gasteiger partial charge in [0.25, 0.3) is 0 Å². The Morgan fingerprint density at radius 3 is 2.70 bits per heavy atom. The third kappa shape index (κ3) is 5.10. The number of hydrogen-bond acceptors (Lipinski definition) is 3. The van der Waals surface area contributed by atoms with Crippen LogP contribution in [0, 0.1) is 5.92 Å². The third-order valence-corrected chi connectivity index (χ3v) is 3.46. The molecule has 1 atom stereocenters. The quantitative estimate of drug-likeness (QED) is 0.731. The number of nitrogens with zero attached hydrogens (tertiary/aromatic N) is 2. The van der Waals surface area contributed by atoms with Gasteiger partial charge in [-0.15, -0.1) is 0 Å². The summed E-state index contributed by atoms with van der Waals surface area (Å²) in [6, 6.07) is 8.64. The number of aliphatic hydroxyl groups is 1. The average molecular weight is 316 g/mol. The van der Waals surface area contributed by atoms with Crippen LogP contribution >= 0.6 is 0 Å². The first-order chi connectivity index (χ1) is 11.1. The van der Waals surface area contributed by atoms with Crippen LogP contribution in [0.25, 0.3) is 0 Å². The monoisotopic (exact) mass is 316 g/mol. The molecule has 1 unspecified atom stereocenters. The maximum Gasteiger partial charge on any atom is 0.315 e. The van der Waals surface area contributed by atoms with Crippen LogP contribution in [0.15, 0.2) is 42.7 Å². The van der Waals surface area contributed by atoms with Crippen LogP contribution < -0.4 is 10.6 Å². The molecule has 23 heavy (non-hydrogen) atoms. The van der Waals surface area contributed by atoms with Crippen LogP contribution in [0.5, 0.6) is 0 Å². The van der Waals surface area contributed by atoms with Gasteiger partial charge in [0.2, 0.25) is 0 Å². The van der Waals surface area contributed by atoms with E-state index in [0.29, 0.717) is 12.5 Å². The lowest BCUT2D eigenvalue weighted by molar-refractivity contribution is 0.216. The van der Waals surface area contributed by atoms with Crippen LogP contribution in [0.4, 0.5) is 4.79 Å². The van der Waals surface area contributed by atoms with E-state index in [-0.39, 0.29) is 12.6 Å². The number of rotatable bonds is 7. The summed E-state index contributed by atoms with van der Waals surface area (Å²) in [5, 5.41) is 15.0. The van der Waals surface area contributed by atoms with Gasteiger partial charge in [0.1, 0.15) is 5.82 Å². The molecule has 6 nitrogen and oxygen atoms in total. The summed E-state index contributed by atoms with van der Waals surface area (Å²) in [6.45, 7) is 5.32. The predicted octanol–water partition coefficient (Wildman–Crippen LogP) is 2.07. The number of aliphatic hydroxyl groups excluding tert-OH is 1. The van der Waals surface area contributed by atoms with Gasteiger partial charge in [-0.25, -0.2) is 9.78 Å². The molecule has 6 heteroatoms. The van der Waals surface area contributed by atoms with Gasteiger partial charge in [0, 0.05) is 18.9 Å². The van der Waals surface area contributed by atoms with Crippen molar-refractivity contribution >= 4 is 6.03 Å². The molecular weight excluding hydrogens is 292 g/mol. The molecule has 2 rings (SSSR count). The van der Waals surface area contributed by atoms with E-state index in [1.165, 1.54) is 0 Å². The fraction of sp³-hybridized carbons (Fsp3) is 0.412. The Bertz CT molecular complexity index is 610. The molecule has 0 saturated carbocycles. The molecule has 3 N–H and O–H groups in total. The van der Waals surface area contributed by atoms with Crippen molar-refractivity contribution in [1.82, 2.24) is 20.2 Å². The number of imidazole rings is 1. The molecule has 1 heterocycles. The lowest BCUT2D eigenvalue weighted by Crippen LogP contribution is -2.39. The van der Waals surface area contributed by atoms with Gasteiger partial charge in [-0.3, -0.25) is 0 Å². The van der Waals surface area contributed by atoms with Crippen molar-refractivity contribution in [3.63, 3.8) is 0 Å². The van der Waals surface area contributed by atoms with Crippen molar-refractivity contribution in [1.29, 1.82) is 0 Å². The van der Waals surface area contributed by atoms with Gasteiger partial charge in [-0.05, 0) is 11.5 Å². The summed E-state index contributed by atoms with van der Waals surface area (Å²) in [6.07, 6.45) is 3.65. The summed E-state index contributed by atoms with van der Waals surface area (Å²) in [7, 11) is 0. The van der Waals surface area contributed by atoms with E-state index in [2.05, 4.69) is 29.5 Å². The summed E-state index contributed by atoms with van der Waals surface area (Å²) in [5.74, 6) is 1.32. The average Bonchev–Trinajstić information content (AvgIpc) is 2.98. The number of amides is 2. The molecule has 124 valence electrons. The van der Waals surface area contributed by atoms with Crippen molar-refractivity contribution in [3.8, 4) is 0 Å². The smallest absolute Gasteiger partial charge is 0.315 e. The maximum atomic E-state index is 12.0. The number of hydrogen-bond donors (Lipinski definition) is 3. The van der Waals surface area contributed by atoms with Crippen molar-refractivity contribution in [3.05, 3.63) is 54.1 Å². The van der Waals surface area contributed by atoms with Gasteiger partial charge in [0.15, 0.2) is 0 Å². The Morgan fingerprint density at radius 2 is 2.04 bits per heavy atom. The minimum absolute atomic E-state index is 0.153. The van der Waals surface area contributed by atoms with E-state index >= 15 is 0 Å². The van der Waals surface area contributed by atoms with E-state index in [4.69, 9.17) is 0 Å². The fourth-order valence-electron chi connectivity index (χ4n) is 2.36. The van der Waals surface area contributed by atoms with E-state index in [1.807, 2.05) is 41.1 Å². The molecular formula is C17H24N4O2. The molecule has 0 saturated heterocycles. The number of urea groups is 1. The molecule has 2 aromatic rings. The van der Waals surface area contributed by atoms with Crippen molar-refractivity contribution in [2.45, 2.75) is 33.0 Å². The maximum absolute atomic E-state index is 12.0. The second kappa shape index (κ2) is 8.33. The zero-order chi connectivity index (χ0) is 16.7. The number of carbonyl (C=O) groups is 1. The largest absolute Gasteiger partial charge is 0.394 e. The van der Waals surface area contributed by atoms with Crippen molar-refractivity contribution in [2.75, 3.05) is 6.61 Å². The Kier molecular flexibility index (Phi) is 6.17. The number of nitrogens with one attached hydrogen (secondary N) is 2. The van der Waals surface area contributed by atoms with Crippen LogP contribution in [0.2, 0.25) is 0 Å². The first kappa shape index (κ1) is 17.0. The SMILES string of the molecule is CC(C)Cn1ccnc1CNC(=O)NC(CO)c1ccccc1. The van der Waals surface area contributed by atoms with E-state index in [9.17, 15) is 9.90 Å².